The number of carbonyl (C=O) groups excluding carboxylic acids is 1. The second-order valence-corrected chi connectivity index (χ2v) is 25.6. The molecule has 1 unspecified atom stereocenters. The van der Waals surface area contributed by atoms with Gasteiger partial charge in [0.05, 0.1) is 14.7 Å². The summed E-state index contributed by atoms with van der Waals surface area (Å²) in [5, 5.41) is 1.29. The molecule has 0 spiro atoms. The lowest BCUT2D eigenvalue weighted by Crippen LogP contribution is -2.41. The van der Waals surface area contributed by atoms with Gasteiger partial charge in [-0.3, -0.25) is 4.79 Å². The van der Waals surface area contributed by atoms with Gasteiger partial charge in [-0.15, -0.1) is 6.58 Å². The highest BCUT2D eigenvalue weighted by Crippen LogP contribution is 2.51. The molecule has 4 nitrogen and oxygen atoms in total. The van der Waals surface area contributed by atoms with E-state index < -0.39 is 26.9 Å². The van der Waals surface area contributed by atoms with E-state index in [1.165, 1.54) is 68.5 Å². The van der Waals surface area contributed by atoms with Crippen LogP contribution in [0.4, 0.5) is 0 Å². The third-order valence-electron chi connectivity index (χ3n) is 7.74. The first-order valence-electron chi connectivity index (χ1n) is 15.9. The molecule has 2 aromatic rings. The third kappa shape index (κ3) is 14.7. The summed E-state index contributed by atoms with van der Waals surface area (Å²) in [7, 11) is -2.75. The highest BCUT2D eigenvalue weighted by Gasteiger charge is 2.36. The zero-order valence-electron chi connectivity index (χ0n) is 27.4. The van der Waals surface area contributed by atoms with Crippen LogP contribution in [-0.2, 0) is 8.30 Å². The van der Waals surface area contributed by atoms with Crippen molar-refractivity contribution >= 4 is 32.7 Å². The molecule has 0 amide bonds. The monoisotopic (exact) mass is 630 g/mol. The van der Waals surface area contributed by atoms with Crippen LogP contribution >= 0.6 is 10.3 Å². The first-order chi connectivity index (χ1) is 20.0. The van der Waals surface area contributed by atoms with Gasteiger partial charge in [0.15, 0.2) is 5.78 Å². The van der Waals surface area contributed by atoms with Gasteiger partial charge in [-0.2, -0.15) is 10.3 Å². The number of benzene rings is 2. The number of ketones is 1. The Morgan fingerprint density at radius 3 is 2.07 bits per heavy atom. The Bertz CT molecular complexity index is 1040. The molecule has 0 heterocycles. The SMILES string of the molecule is C=CCCCCCCS(C)(C[Si](C)(C)CCCCCCCOc1ccc(C(=O)c2ccccc2)cc1)O[Si](C)(C)OC. The van der Waals surface area contributed by atoms with Crippen molar-refractivity contribution in [2.24, 2.45) is 0 Å². The molecule has 0 aromatic heterocycles. The Morgan fingerprint density at radius 1 is 0.810 bits per heavy atom. The Kier molecular flexibility index (Phi) is 16.4. The molecule has 42 heavy (non-hydrogen) atoms. The average Bonchev–Trinajstić information content (AvgIpc) is 2.96. The fourth-order valence-electron chi connectivity index (χ4n) is 5.49. The van der Waals surface area contributed by atoms with Crippen LogP contribution in [0.25, 0.3) is 0 Å². The second kappa shape index (κ2) is 18.9. The maximum Gasteiger partial charge on any atom is 0.341 e. The summed E-state index contributed by atoms with van der Waals surface area (Å²) >= 11 is 0. The molecule has 2 rings (SSSR count). The van der Waals surface area contributed by atoms with Gasteiger partial charge < -0.3 is 13.0 Å². The van der Waals surface area contributed by atoms with Crippen LogP contribution < -0.4 is 4.74 Å². The van der Waals surface area contributed by atoms with Crippen molar-refractivity contribution in [1.29, 1.82) is 0 Å². The molecule has 0 radical (unpaired) electrons. The van der Waals surface area contributed by atoms with Gasteiger partial charge in [-0.1, -0.05) is 94.1 Å². The molecular formula is C35H58O4SSi2. The molecule has 0 aliphatic heterocycles. The number of rotatable bonds is 23. The fourth-order valence-corrected chi connectivity index (χ4v) is 20.5. The lowest BCUT2D eigenvalue weighted by Gasteiger charge is -2.45. The van der Waals surface area contributed by atoms with Crippen molar-refractivity contribution in [2.75, 3.05) is 31.1 Å². The first kappa shape index (κ1) is 36.5. The summed E-state index contributed by atoms with van der Waals surface area (Å²) in [4.78, 5) is 12.6. The third-order valence-corrected chi connectivity index (χ3v) is 20.4. The lowest BCUT2D eigenvalue weighted by molar-refractivity contribution is 0.103. The average molecular weight is 631 g/mol. The smallest absolute Gasteiger partial charge is 0.341 e. The highest BCUT2D eigenvalue weighted by atomic mass is 32.3. The molecule has 0 N–H and O–H groups in total. The van der Waals surface area contributed by atoms with Crippen molar-refractivity contribution in [2.45, 2.75) is 96.4 Å². The molecule has 7 heteroatoms. The molecule has 0 saturated carbocycles. The van der Waals surface area contributed by atoms with Crippen molar-refractivity contribution < 1.29 is 17.8 Å². The Morgan fingerprint density at radius 2 is 1.40 bits per heavy atom. The number of unbranched alkanes of at least 4 members (excludes halogenated alkanes) is 8. The van der Waals surface area contributed by atoms with E-state index in [4.69, 9.17) is 13.0 Å². The zero-order valence-corrected chi connectivity index (χ0v) is 30.2. The molecule has 0 saturated heterocycles. The number of hydrogen-bond acceptors (Lipinski definition) is 4. The molecule has 1 atom stereocenters. The molecule has 236 valence electrons. The van der Waals surface area contributed by atoms with Crippen LogP contribution in [0.15, 0.2) is 67.3 Å². The number of carbonyl (C=O) groups is 1. The predicted octanol–water partition coefficient (Wildman–Crippen LogP) is 10.3. The zero-order chi connectivity index (χ0) is 30.9. The van der Waals surface area contributed by atoms with E-state index >= 15 is 0 Å². The normalized spacial score (nSPS) is 14.2. The molecule has 0 bridgehead atoms. The second-order valence-electron chi connectivity index (χ2n) is 13.0. The van der Waals surface area contributed by atoms with Crippen LogP contribution in [0.2, 0.25) is 32.2 Å². The highest BCUT2D eigenvalue weighted by molar-refractivity contribution is 8.31. The minimum Gasteiger partial charge on any atom is -0.494 e. The van der Waals surface area contributed by atoms with Gasteiger partial charge >= 0.3 is 8.56 Å². The van der Waals surface area contributed by atoms with Crippen molar-refractivity contribution in [3.05, 3.63) is 78.4 Å². The van der Waals surface area contributed by atoms with Gasteiger partial charge in [0.2, 0.25) is 0 Å². The van der Waals surface area contributed by atoms with Crippen LogP contribution in [0.5, 0.6) is 5.75 Å². The maximum atomic E-state index is 12.6. The fraction of sp³-hybridized carbons (Fsp3) is 0.571. The molecule has 2 aromatic carbocycles. The number of ether oxygens (including phenoxy) is 1. The van der Waals surface area contributed by atoms with Crippen molar-refractivity contribution in [3.63, 3.8) is 0 Å². The number of allylic oxidation sites excluding steroid dienone is 1. The van der Waals surface area contributed by atoms with E-state index in [0.29, 0.717) is 11.1 Å². The minimum absolute atomic E-state index is 0.0440. The largest absolute Gasteiger partial charge is 0.494 e. The van der Waals surface area contributed by atoms with Gasteiger partial charge in [-0.25, -0.2) is 0 Å². The van der Waals surface area contributed by atoms with Gasteiger partial charge in [0, 0.05) is 18.2 Å². The summed E-state index contributed by atoms with van der Waals surface area (Å²) in [6.07, 6.45) is 16.8. The topological polar surface area (TPSA) is 44.8 Å². The van der Waals surface area contributed by atoms with Crippen molar-refractivity contribution in [3.8, 4) is 5.75 Å². The Balaban J connectivity index is 1.68. The van der Waals surface area contributed by atoms with E-state index in [9.17, 15) is 4.79 Å². The van der Waals surface area contributed by atoms with Crippen LogP contribution in [-0.4, -0.2) is 53.5 Å². The van der Waals surface area contributed by atoms with E-state index in [1.807, 2.05) is 67.8 Å². The minimum atomic E-state index is -2.08. The van der Waals surface area contributed by atoms with Gasteiger partial charge in [-0.05, 0) is 80.4 Å². The standard InChI is InChI=1S/C35H58O4SSi2/c1-8-9-10-11-14-20-29-40(3,39-42(6,7)37-2)31-41(4,5)30-21-15-12-13-19-28-38-34-26-24-33(25-27-34)35(36)32-22-17-16-18-23-32/h8,16-18,22-27H,1,9-15,19-21,28-31H2,2-7H3. The summed E-state index contributed by atoms with van der Waals surface area (Å²) < 4.78 is 18.6. The molecule has 0 aliphatic rings. The Hall–Kier alpha value is -1.65. The Labute approximate surface area is 261 Å². The van der Waals surface area contributed by atoms with Gasteiger partial charge in [0.1, 0.15) is 5.75 Å². The number of hydrogen-bond donors (Lipinski definition) is 0. The lowest BCUT2D eigenvalue weighted by atomic mass is 10.0. The summed E-state index contributed by atoms with van der Waals surface area (Å²) in [6, 6.07) is 18.3. The van der Waals surface area contributed by atoms with Gasteiger partial charge in [0.25, 0.3) is 0 Å². The van der Waals surface area contributed by atoms with E-state index in [-0.39, 0.29) is 5.78 Å². The van der Waals surface area contributed by atoms with Crippen LogP contribution in [0.1, 0.15) is 80.1 Å². The summed E-state index contributed by atoms with van der Waals surface area (Å²) in [5.74, 6) is 2.09. The predicted molar refractivity (Wildman–Crippen MR) is 189 cm³/mol. The van der Waals surface area contributed by atoms with E-state index in [0.717, 1.165) is 25.2 Å². The summed E-state index contributed by atoms with van der Waals surface area (Å²) in [6.45, 7) is 14.1. The molecular weight excluding hydrogens is 573 g/mol. The van der Waals surface area contributed by atoms with E-state index in [2.05, 4.69) is 39.0 Å². The maximum absolute atomic E-state index is 12.6. The first-order valence-corrected chi connectivity index (χ1v) is 24.5. The molecule has 0 fully saturated rings. The van der Waals surface area contributed by atoms with Crippen molar-refractivity contribution in [1.82, 2.24) is 0 Å². The summed E-state index contributed by atoms with van der Waals surface area (Å²) in [5.41, 5.74) is 1.40. The van der Waals surface area contributed by atoms with E-state index in [1.54, 1.807) is 0 Å². The van der Waals surface area contributed by atoms with Crippen LogP contribution in [0, 0.1) is 0 Å². The quantitative estimate of drug-likeness (QED) is 0.0530. The molecule has 0 aliphatic carbocycles. The van der Waals surface area contributed by atoms with Crippen LogP contribution in [0.3, 0.4) is 0 Å².